The molecule has 0 spiro atoms. The highest BCUT2D eigenvalue weighted by atomic mass is 79.9. The predicted molar refractivity (Wildman–Crippen MR) is 98.8 cm³/mol. The van der Waals surface area contributed by atoms with Crippen molar-refractivity contribution in [3.8, 4) is 17.2 Å². The lowest BCUT2D eigenvalue weighted by atomic mass is 10.2. The van der Waals surface area contributed by atoms with Crippen LogP contribution in [0.5, 0.6) is 17.2 Å². The first-order chi connectivity index (χ1) is 11.0. The minimum Gasteiger partial charge on any atom is -0.493 e. The molecule has 0 aliphatic rings. The molecule has 0 radical (unpaired) electrons. The molecule has 0 saturated carbocycles. The maximum absolute atomic E-state index is 5.77. The number of para-hydroxylation sites is 1. The molecule has 0 aliphatic heterocycles. The van der Waals surface area contributed by atoms with Crippen molar-refractivity contribution < 1.29 is 14.2 Å². The summed E-state index contributed by atoms with van der Waals surface area (Å²) in [5, 5.41) is 0. The standard InChI is InChI=1S/C17H18BrNO3S/c1-11-5-3-4-6-14(11)21-7-8-22-16-13(18)9-12(17(19)23)10-15(16)20-2/h3-6,9-10H,7-8H2,1-2H3,(H2,19,23). The second-order valence-electron chi connectivity index (χ2n) is 4.82. The molecule has 0 heterocycles. The Morgan fingerprint density at radius 1 is 1.13 bits per heavy atom. The van der Waals surface area contributed by atoms with Crippen molar-refractivity contribution in [3.63, 3.8) is 0 Å². The Kier molecular flexibility index (Phi) is 6.24. The van der Waals surface area contributed by atoms with E-state index >= 15 is 0 Å². The number of nitrogens with two attached hydrogens (primary N) is 1. The van der Waals surface area contributed by atoms with Crippen LogP contribution in [0.2, 0.25) is 0 Å². The summed E-state index contributed by atoms with van der Waals surface area (Å²) in [7, 11) is 1.57. The van der Waals surface area contributed by atoms with Gasteiger partial charge in [-0.3, -0.25) is 0 Å². The van der Waals surface area contributed by atoms with Gasteiger partial charge in [-0.1, -0.05) is 30.4 Å². The van der Waals surface area contributed by atoms with E-state index in [1.165, 1.54) is 0 Å². The zero-order valence-electron chi connectivity index (χ0n) is 13.0. The number of hydrogen-bond acceptors (Lipinski definition) is 4. The summed E-state index contributed by atoms with van der Waals surface area (Å²) in [6.07, 6.45) is 0. The monoisotopic (exact) mass is 395 g/mol. The van der Waals surface area contributed by atoms with E-state index in [2.05, 4.69) is 15.9 Å². The largest absolute Gasteiger partial charge is 0.493 e. The summed E-state index contributed by atoms with van der Waals surface area (Å²) in [5.41, 5.74) is 7.46. The average Bonchev–Trinajstić information content (AvgIpc) is 2.53. The summed E-state index contributed by atoms with van der Waals surface area (Å²) >= 11 is 8.44. The maximum Gasteiger partial charge on any atom is 0.175 e. The van der Waals surface area contributed by atoms with E-state index in [-0.39, 0.29) is 0 Å². The van der Waals surface area contributed by atoms with E-state index in [0.29, 0.717) is 35.3 Å². The molecule has 4 nitrogen and oxygen atoms in total. The topological polar surface area (TPSA) is 53.7 Å². The minimum absolute atomic E-state index is 0.304. The quantitative estimate of drug-likeness (QED) is 0.569. The molecule has 0 aromatic heterocycles. The molecule has 2 N–H and O–H groups in total. The number of aryl methyl sites for hydroxylation is 1. The number of halogens is 1. The zero-order valence-corrected chi connectivity index (χ0v) is 15.4. The van der Waals surface area contributed by atoms with Crippen LogP contribution in [0, 0.1) is 6.92 Å². The smallest absolute Gasteiger partial charge is 0.175 e. The zero-order chi connectivity index (χ0) is 16.8. The van der Waals surface area contributed by atoms with E-state index in [9.17, 15) is 0 Å². The van der Waals surface area contributed by atoms with Gasteiger partial charge in [-0.25, -0.2) is 0 Å². The first kappa shape index (κ1) is 17.6. The average molecular weight is 396 g/mol. The lowest BCUT2D eigenvalue weighted by Gasteiger charge is -2.15. The fraction of sp³-hybridized carbons (Fsp3) is 0.235. The van der Waals surface area contributed by atoms with Crippen molar-refractivity contribution in [1.29, 1.82) is 0 Å². The summed E-state index contributed by atoms with van der Waals surface area (Å²) in [5.74, 6) is 2.02. The van der Waals surface area contributed by atoms with Gasteiger partial charge in [0.25, 0.3) is 0 Å². The molecule has 2 aromatic rings. The van der Waals surface area contributed by atoms with Crippen molar-refractivity contribution in [2.45, 2.75) is 6.92 Å². The van der Waals surface area contributed by atoms with Crippen LogP contribution in [0.1, 0.15) is 11.1 Å². The van der Waals surface area contributed by atoms with Gasteiger partial charge in [-0.2, -0.15) is 0 Å². The van der Waals surface area contributed by atoms with Crippen molar-refractivity contribution in [2.75, 3.05) is 20.3 Å². The van der Waals surface area contributed by atoms with Gasteiger partial charge in [-0.15, -0.1) is 0 Å². The number of ether oxygens (including phenoxy) is 3. The summed E-state index contributed by atoms with van der Waals surface area (Å²) in [6, 6.07) is 11.4. The lowest BCUT2D eigenvalue weighted by Crippen LogP contribution is -2.12. The van der Waals surface area contributed by atoms with Crippen LogP contribution in [0.3, 0.4) is 0 Å². The number of thiocarbonyl (C=S) groups is 1. The van der Waals surface area contributed by atoms with Gasteiger partial charge in [0.15, 0.2) is 11.5 Å². The third kappa shape index (κ3) is 4.59. The van der Waals surface area contributed by atoms with E-state index in [1.807, 2.05) is 37.3 Å². The lowest BCUT2D eigenvalue weighted by molar-refractivity contribution is 0.209. The first-order valence-corrected chi connectivity index (χ1v) is 8.21. The van der Waals surface area contributed by atoms with Crippen LogP contribution in [0.4, 0.5) is 0 Å². The number of hydrogen-bond donors (Lipinski definition) is 1. The first-order valence-electron chi connectivity index (χ1n) is 7.01. The van der Waals surface area contributed by atoms with E-state index in [0.717, 1.165) is 15.8 Å². The fourth-order valence-corrected chi connectivity index (χ4v) is 2.69. The Balaban J connectivity index is 2.00. The second-order valence-corrected chi connectivity index (χ2v) is 6.11. The molecule has 0 unspecified atom stereocenters. The highest BCUT2D eigenvalue weighted by molar-refractivity contribution is 9.10. The summed E-state index contributed by atoms with van der Waals surface area (Å²) in [4.78, 5) is 0.304. The normalized spacial score (nSPS) is 10.2. The Morgan fingerprint density at radius 2 is 1.83 bits per heavy atom. The molecule has 122 valence electrons. The van der Waals surface area contributed by atoms with Gasteiger partial charge >= 0.3 is 0 Å². The van der Waals surface area contributed by atoms with E-state index in [1.54, 1.807) is 13.2 Å². The van der Waals surface area contributed by atoms with Crippen molar-refractivity contribution in [1.82, 2.24) is 0 Å². The third-order valence-electron chi connectivity index (χ3n) is 3.19. The third-order valence-corrected chi connectivity index (χ3v) is 4.02. The maximum atomic E-state index is 5.77. The van der Waals surface area contributed by atoms with Crippen LogP contribution in [-0.4, -0.2) is 25.3 Å². The van der Waals surface area contributed by atoms with Gasteiger partial charge in [0.1, 0.15) is 24.0 Å². The number of benzene rings is 2. The molecular weight excluding hydrogens is 378 g/mol. The predicted octanol–water partition coefficient (Wildman–Crippen LogP) is 3.86. The fourth-order valence-electron chi connectivity index (χ4n) is 2.02. The van der Waals surface area contributed by atoms with Crippen molar-refractivity contribution in [3.05, 3.63) is 52.0 Å². The van der Waals surface area contributed by atoms with Gasteiger partial charge in [-0.05, 0) is 46.6 Å². The van der Waals surface area contributed by atoms with Gasteiger partial charge < -0.3 is 19.9 Å². The van der Waals surface area contributed by atoms with E-state index in [4.69, 9.17) is 32.2 Å². The summed E-state index contributed by atoms with van der Waals surface area (Å²) in [6.45, 7) is 2.82. The van der Waals surface area contributed by atoms with Gasteiger partial charge in [0, 0.05) is 5.56 Å². The van der Waals surface area contributed by atoms with Crippen LogP contribution in [0.25, 0.3) is 0 Å². The van der Waals surface area contributed by atoms with E-state index < -0.39 is 0 Å². The molecule has 0 fully saturated rings. The van der Waals surface area contributed by atoms with Crippen molar-refractivity contribution >= 4 is 33.1 Å². The molecule has 0 saturated heterocycles. The molecule has 6 heteroatoms. The Labute approximate surface area is 149 Å². The number of methoxy groups -OCH3 is 1. The Hall–Kier alpha value is -1.79. The summed E-state index contributed by atoms with van der Waals surface area (Å²) < 4.78 is 17.6. The van der Waals surface area contributed by atoms with Crippen LogP contribution >= 0.6 is 28.1 Å². The van der Waals surface area contributed by atoms with Gasteiger partial charge in [0.2, 0.25) is 0 Å². The molecule has 2 aromatic carbocycles. The Morgan fingerprint density at radius 3 is 2.48 bits per heavy atom. The van der Waals surface area contributed by atoms with Crippen LogP contribution in [0.15, 0.2) is 40.9 Å². The molecule has 0 bridgehead atoms. The SMILES string of the molecule is COc1cc(C(N)=S)cc(Br)c1OCCOc1ccccc1C. The van der Waals surface area contributed by atoms with Crippen molar-refractivity contribution in [2.24, 2.45) is 5.73 Å². The number of rotatable bonds is 7. The molecule has 23 heavy (non-hydrogen) atoms. The van der Waals surface area contributed by atoms with Gasteiger partial charge in [0.05, 0.1) is 11.6 Å². The highest BCUT2D eigenvalue weighted by Gasteiger charge is 2.13. The van der Waals surface area contributed by atoms with Crippen LogP contribution in [-0.2, 0) is 0 Å². The molecule has 2 rings (SSSR count). The molecule has 0 amide bonds. The minimum atomic E-state index is 0.304. The second kappa shape index (κ2) is 8.17. The molecule has 0 aliphatic carbocycles. The highest BCUT2D eigenvalue weighted by Crippen LogP contribution is 2.36. The van der Waals surface area contributed by atoms with Crippen LogP contribution < -0.4 is 19.9 Å². The Bertz CT molecular complexity index is 706. The molecular formula is C17H18BrNO3S. The molecule has 0 atom stereocenters.